The van der Waals surface area contributed by atoms with Crippen molar-refractivity contribution in [3.05, 3.63) is 215 Å². The fraction of sp³-hybridized carbons (Fsp3) is 0.208. The maximum absolute atomic E-state index is 9.76. The van der Waals surface area contributed by atoms with E-state index in [1.165, 1.54) is 0 Å². The molecule has 0 unspecified atom stereocenters. The second kappa shape index (κ2) is 23.3. The number of aliphatic hydroxyl groups excluding tert-OH is 2. The SMILES string of the molecule is OCCN(CCO)Cc1cc(OCc2cc(OCc3ccccc3)cc(OCc3ccccc3)c2)cc(OCc2cc(OCc3ccccc3)cc(OCc3ccccc3)c2)c1. The average molecular weight is 832 g/mol. The third-order valence-corrected chi connectivity index (χ3v) is 9.86. The van der Waals surface area contributed by atoms with E-state index in [0.717, 1.165) is 38.9 Å². The quantitative estimate of drug-likeness (QED) is 0.0617. The minimum absolute atomic E-state index is 0.0335. The van der Waals surface area contributed by atoms with Gasteiger partial charge < -0.3 is 38.6 Å². The van der Waals surface area contributed by atoms with Crippen molar-refractivity contribution in [3.63, 3.8) is 0 Å². The predicted octanol–water partition coefficient (Wildman–Crippen LogP) is 9.95. The van der Waals surface area contributed by atoms with Gasteiger partial charge in [0.25, 0.3) is 0 Å². The molecule has 0 aliphatic rings. The fourth-order valence-electron chi connectivity index (χ4n) is 6.76. The molecule has 0 saturated heterocycles. The third kappa shape index (κ3) is 14.2. The molecule has 62 heavy (non-hydrogen) atoms. The van der Waals surface area contributed by atoms with Crippen LogP contribution in [0.4, 0.5) is 0 Å². The van der Waals surface area contributed by atoms with Crippen LogP contribution in [0.25, 0.3) is 0 Å². The number of benzene rings is 7. The Bertz CT molecular complexity index is 2090. The van der Waals surface area contributed by atoms with Crippen LogP contribution >= 0.6 is 0 Å². The van der Waals surface area contributed by atoms with Gasteiger partial charge in [-0.3, -0.25) is 4.90 Å². The lowest BCUT2D eigenvalue weighted by molar-refractivity contribution is 0.155. The summed E-state index contributed by atoms with van der Waals surface area (Å²) in [6.07, 6.45) is 0. The molecular weight excluding hydrogens is 779 g/mol. The number of hydrogen-bond acceptors (Lipinski definition) is 9. The summed E-state index contributed by atoms with van der Waals surface area (Å²) in [5.74, 6) is 3.87. The maximum atomic E-state index is 9.76. The summed E-state index contributed by atoms with van der Waals surface area (Å²) in [7, 11) is 0. The highest BCUT2D eigenvalue weighted by molar-refractivity contribution is 5.42. The highest BCUT2D eigenvalue weighted by atomic mass is 16.5. The van der Waals surface area contributed by atoms with E-state index in [0.29, 0.717) is 80.6 Å². The zero-order chi connectivity index (χ0) is 42.6. The van der Waals surface area contributed by atoms with E-state index >= 15 is 0 Å². The molecule has 7 rings (SSSR count). The van der Waals surface area contributed by atoms with Crippen molar-refractivity contribution in [2.45, 2.75) is 46.2 Å². The van der Waals surface area contributed by atoms with Crippen molar-refractivity contribution in [1.29, 1.82) is 0 Å². The molecule has 0 spiro atoms. The van der Waals surface area contributed by atoms with E-state index in [-0.39, 0.29) is 26.4 Å². The van der Waals surface area contributed by atoms with Crippen LogP contribution in [0.2, 0.25) is 0 Å². The van der Waals surface area contributed by atoms with Crippen LogP contribution in [-0.2, 0) is 46.2 Å². The first-order valence-electron chi connectivity index (χ1n) is 20.9. The summed E-state index contributed by atoms with van der Waals surface area (Å²) >= 11 is 0. The zero-order valence-electron chi connectivity index (χ0n) is 34.8. The third-order valence-electron chi connectivity index (χ3n) is 9.86. The normalized spacial score (nSPS) is 11.0. The summed E-state index contributed by atoms with van der Waals surface area (Å²) in [6.45, 7) is 3.31. The smallest absolute Gasteiger partial charge is 0.123 e. The van der Waals surface area contributed by atoms with Crippen molar-refractivity contribution in [1.82, 2.24) is 4.90 Å². The Hall–Kier alpha value is -6.78. The summed E-state index contributed by atoms with van der Waals surface area (Å²) in [5, 5.41) is 19.5. The van der Waals surface area contributed by atoms with Crippen LogP contribution < -0.4 is 28.4 Å². The molecule has 318 valence electrons. The van der Waals surface area contributed by atoms with E-state index in [4.69, 9.17) is 28.4 Å². The van der Waals surface area contributed by atoms with Gasteiger partial charge in [-0.2, -0.15) is 0 Å². The Balaban J connectivity index is 1.11. The summed E-state index contributed by atoms with van der Waals surface area (Å²) in [4.78, 5) is 1.98. The molecule has 0 saturated carbocycles. The van der Waals surface area contributed by atoms with Gasteiger partial charge in [0, 0.05) is 37.8 Å². The van der Waals surface area contributed by atoms with Crippen LogP contribution in [-0.4, -0.2) is 41.4 Å². The lowest BCUT2D eigenvalue weighted by Crippen LogP contribution is -2.29. The monoisotopic (exact) mass is 831 g/mol. The van der Waals surface area contributed by atoms with Crippen molar-refractivity contribution in [2.24, 2.45) is 0 Å². The first-order chi connectivity index (χ1) is 30.6. The Morgan fingerprint density at radius 3 is 0.790 bits per heavy atom. The van der Waals surface area contributed by atoms with Crippen molar-refractivity contribution in [3.8, 4) is 34.5 Å². The van der Waals surface area contributed by atoms with Gasteiger partial charge in [0.2, 0.25) is 0 Å². The van der Waals surface area contributed by atoms with Gasteiger partial charge in [0.1, 0.15) is 74.1 Å². The molecule has 2 N–H and O–H groups in total. The highest BCUT2D eigenvalue weighted by Crippen LogP contribution is 2.30. The molecule has 0 atom stereocenters. The molecule has 0 heterocycles. The second-order valence-electron chi connectivity index (χ2n) is 14.8. The van der Waals surface area contributed by atoms with Crippen molar-refractivity contribution in [2.75, 3.05) is 26.3 Å². The molecule has 9 heteroatoms. The Morgan fingerprint density at radius 1 is 0.290 bits per heavy atom. The molecule has 0 bridgehead atoms. The fourth-order valence-corrected chi connectivity index (χ4v) is 6.76. The van der Waals surface area contributed by atoms with Gasteiger partial charge in [-0.05, 0) is 75.3 Å². The lowest BCUT2D eigenvalue weighted by Gasteiger charge is -2.21. The van der Waals surface area contributed by atoms with Gasteiger partial charge in [0.15, 0.2) is 0 Å². The van der Waals surface area contributed by atoms with Crippen LogP contribution in [0.1, 0.15) is 38.9 Å². The Labute approximate surface area is 364 Å². The predicted molar refractivity (Wildman–Crippen MR) is 241 cm³/mol. The first kappa shape index (κ1) is 43.3. The van der Waals surface area contributed by atoms with E-state index in [2.05, 4.69) is 0 Å². The molecule has 7 aromatic rings. The van der Waals surface area contributed by atoms with Gasteiger partial charge in [0.05, 0.1) is 13.2 Å². The number of hydrogen-bond donors (Lipinski definition) is 2. The van der Waals surface area contributed by atoms with Crippen LogP contribution in [0, 0.1) is 0 Å². The standard InChI is InChI=1S/C53H53NO8/c55-23-21-54(22-24-56)34-45-25-48(61-39-46-27-50(57-35-41-13-5-1-6-14-41)32-51(28-46)58-36-42-15-7-2-8-16-42)31-49(26-45)62-40-47-29-52(59-37-43-17-9-3-10-18-43)33-53(30-47)60-38-44-19-11-4-12-20-44/h1-20,25-33,55-56H,21-24,34-40H2. The Morgan fingerprint density at radius 2 is 0.532 bits per heavy atom. The van der Waals surface area contributed by atoms with E-state index in [9.17, 15) is 10.2 Å². The average Bonchev–Trinajstić information content (AvgIpc) is 3.31. The molecule has 0 aromatic heterocycles. The number of rotatable bonds is 24. The zero-order valence-corrected chi connectivity index (χ0v) is 34.8. The summed E-state index contributed by atoms with van der Waals surface area (Å²) in [5.41, 5.74) is 6.87. The highest BCUT2D eigenvalue weighted by Gasteiger charge is 2.13. The first-order valence-corrected chi connectivity index (χ1v) is 20.9. The van der Waals surface area contributed by atoms with Crippen LogP contribution in [0.3, 0.4) is 0 Å². The summed E-state index contributed by atoms with van der Waals surface area (Å²) in [6, 6.07) is 57.6. The molecule has 0 radical (unpaired) electrons. The lowest BCUT2D eigenvalue weighted by atomic mass is 10.1. The van der Waals surface area contributed by atoms with Crippen LogP contribution in [0.5, 0.6) is 34.5 Å². The largest absolute Gasteiger partial charge is 0.489 e. The van der Waals surface area contributed by atoms with Gasteiger partial charge >= 0.3 is 0 Å². The molecule has 9 nitrogen and oxygen atoms in total. The van der Waals surface area contributed by atoms with Crippen molar-refractivity contribution < 1.29 is 38.6 Å². The van der Waals surface area contributed by atoms with Gasteiger partial charge in [-0.25, -0.2) is 0 Å². The minimum Gasteiger partial charge on any atom is -0.489 e. The van der Waals surface area contributed by atoms with Gasteiger partial charge in [-0.1, -0.05) is 121 Å². The molecular formula is C53H53NO8. The Kier molecular flexibility index (Phi) is 16.3. The van der Waals surface area contributed by atoms with Gasteiger partial charge in [-0.15, -0.1) is 0 Å². The van der Waals surface area contributed by atoms with E-state index < -0.39 is 0 Å². The number of ether oxygens (including phenoxy) is 6. The molecule has 7 aromatic carbocycles. The maximum Gasteiger partial charge on any atom is 0.123 e. The number of nitrogens with zero attached hydrogens (tertiary/aromatic N) is 1. The second-order valence-corrected chi connectivity index (χ2v) is 14.8. The van der Waals surface area contributed by atoms with Crippen molar-refractivity contribution >= 4 is 0 Å². The van der Waals surface area contributed by atoms with E-state index in [1.807, 2.05) is 181 Å². The van der Waals surface area contributed by atoms with Crippen LogP contribution in [0.15, 0.2) is 176 Å². The molecule has 0 aliphatic heterocycles. The topological polar surface area (TPSA) is 99.1 Å². The molecule has 0 fully saturated rings. The van der Waals surface area contributed by atoms with E-state index in [1.54, 1.807) is 0 Å². The molecule has 0 amide bonds. The minimum atomic E-state index is -0.0335. The molecule has 0 aliphatic carbocycles. The number of aliphatic hydroxyl groups is 2. The summed E-state index contributed by atoms with van der Waals surface area (Å²) < 4.78 is 38.0.